The van der Waals surface area contributed by atoms with E-state index in [0.717, 1.165) is 44.3 Å². The number of benzene rings is 1. The van der Waals surface area contributed by atoms with Gasteiger partial charge in [-0.05, 0) is 63.4 Å². The molecule has 1 aromatic carbocycles. The molecular weight excluding hydrogens is 372 g/mol. The highest BCUT2D eigenvalue weighted by molar-refractivity contribution is 5.79. The molecule has 2 heterocycles. The molecule has 0 amide bonds. The highest BCUT2D eigenvalue weighted by Gasteiger charge is 2.12. The summed E-state index contributed by atoms with van der Waals surface area (Å²) in [6, 6.07) is 10.9. The largest absolute Gasteiger partial charge is 0.356 e. The Bertz CT molecular complexity index is 802. The molecule has 1 aliphatic heterocycles. The van der Waals surface area contributed by atoms with Gasteiger partial charge in [0.1, 0.15) is 0 Å². The molecule has 0 unspecified atom stereocenters. The second kappa shape index (κ2) is 11.7. The standard InChI is InChI=1S/C24H38N6/c1-20-17-21(2)30(28-20)16-10-13-26-24(25-3)27-18-22-11-6-7-12-23(22)19-29-14-8-4-5-9-15-29/h6-7,11-12,17H,4-5,8-10,13-16,18-19H2,1-3H3,(H2,25,26,27). The summed E-state index contributed by atoms with van der Waals surface area (Å²) in [4.78, 5) is 7.00. The average molecular weight is 411 g/mol. The topological polar surface area (TPSA) is 57.5 Å². The van der Waals surface area contributed by atoms with Crippen LogP contribution in [-0.2, 0) is 19.6 Å². The smallest absolute Gasteiger partial charge is 0.191 e. The minimum Gasteiger partial charge on any atom is -0.356 e. The van der Waals surface area contributed by atoms with Crippen LogP contribution in [0.5, 0.6) is 0 Å². The highest BCUT2D eigenvalue weighted by atomic mass is 15.3. The number of nitrogens with zero attached hydrogens (tertiary/aromatic N) is 4. The number of rotatable bonds is 8. The SMILES string of the molecule is CN=C(NCCCn1nc(C)cc1C)NCc1ccccc1CN1CCCCCC1. The summed E-state index contributed by atoms with van der Waals surface area (Å²) in [6.45, 7) is 10.2. The zero-order chi connectivity index (χ0) is 21.2. The van der Waals surface area contributed by atoms with Crippen molar-refractivity contribution in [2.24, 2.45) is 4.99 Å². The first-order valence-electron chi connectivity index (χ1n) is 11.4. The van der Waals surface area contributed by atoms with Crippen LogP contribution in [0.4, 0.5) is 0 Å². The summed E-state index contributed by atoms with van der Waals surface area (Å²) in [6.07, 6.45) is 6.42. The minimum absolute atomic E-state index is 0.793. The zero-order valence-corrected chi connectivity index (χ0v) is 19.0. The Balaban J connectivity index is 1.45. The summed E-state index contributed by atoms with van der Waals surface area (Å²) < 4.78 is 2.08. The van der Waals surface area contributed by atoms with Crippen LogP contribution in [0.2, 0.25) is 0 Å². The van der Waals surface area contributed by atoms with Crippen molar-refractivity contribution in [2.75, 3.05) is 26.7 Å². The number of aliphatic imine (C=N–C) groups is 1. The second-order valence-electron chi connectivity index (χ2n) is 8.32. The lowest BCUT2D eigenvalue weighted by Crippen LogP contribution is -2.38. The zero-order valence-electron chi connectivity index (χ0n) is 19.0. The number of aryl methyl sites for hydroxylation is 3. The predicted molar refractivity (Wildman–Crippen MR) is 125 cm³/mol. The van der Waals surface area contributed by atoms with Crippen LogP contribution in [0.3, 0.4) is 0 Å². The Hall–Kier alpha value is -2.34. The first-order valence-corrected chi connectivity index (χ1v) is 11.4. The number of nitrogens with one attached hydrogen (secondary N) is 2. The maximum atomic E-state index is 4.53. The fraction of sp³-hybridized carbons (Fsp3) is 0.583. The highest BCUT2D eigenvalue weighted by Crippen LogP contribution is 2.16. The molecule has 6 heteroatoms. The molecule has 1 fully saturated rings. The molecule has 1 aromatic heterocycles. The van der Waals surface area contributed by atoms with Crippen LogP contribution in [0.1, 0.15) is 54.6 Å². The second-order valence-corrected chi connectivity index (χ2v) is 8.32. The molecule has 2 aromatic rings. The fourth-order valence-electron chi connectivity index (χ4n) is 4.16. The van der Waals surface area contributed by atoms with E-state index in [1.54, 1.807) is 0 Å². The minimum atomic E-state index is 0.793. The molecule has 2 N–H and O–H groups in total. The van der Waals surface area contributed by atoms with Crippen molar-refractivity contribution < 1.29 is 0 Å². The quantitative estimate of drug-likeness (QED) is 0.396. The van der Waals surface area contributed by atoms with E-state index in [1.165, 1.54) is 55.6 Å². The van der Waals surface area contributed by atoms with Crippen LogP contribution in [0, 0.1) is 13.8 Å². The maximum Gasteiger partial charge on any atom is 0.191 e. The maximum absolute atomic E-state index is 4.53. The molecule has 0 bridgehead atoms. The number of hydrogen-bond acceptors (Lipinski definition) is 3. The molecule has 0 atom stereocenters. The van der Waals surface area contributed by atoms with Crippen LogP contribution in [-0.4, -0.2) is 47.3 Å². The van der Waals surface area contributed by atoms with Gasteiger partial charge in [0.05, 0.1) is 5.69 Å². The van der Waals surface area contributed by atoms with Crippen LogP contribution >= 0.6 is 0 Å². The van der Waals surface area contributed by atoms with Crippen molar-refractivity contribution in [3.63, 3.8) is 0 Å². The van der Waals surface area contributed by atoms with E-state index >= 15 is 0 Å². The Morgan fingerprint density at radius 1 is 1.03 bits per heavy atom. The molecule has 164 valence electrons. The molecule has 0 spiro atoms. The summed E-state index contributed by atoms with van der Waals surface area (Å²) in [5.74, 6) is 0.855. The van der Waals surface area contributed by atoms with Crippen LogP contribution < -0.4 is 10.6 Å². The lowest BCUT2D eigenvalue weighted by atomic mass is 10.1. The number of hydrogen-bond donors (Lipinski definition) is 2. The number of likely N-dealkylation sites (tertiary alicyclic amines) is 1. The first kappa shape index (κ1) is 22.3. The van der Waals surface area contributed by atoms with Gasteiger partial charge in [-0.2, -0.15) is 5.10 Å². The van der Waals surface area contributed by atoms with Gasteiger partial charge in [-0.15, -0.1) is 0 Å². The Morgan fingerprint density at radius 3 is 2.43 bits per heavy atom. The third kappa shape index (κ3) is 6.87. The molecule has 30 heavy (non-hydrogen) atoms. The van der Waals surface area contributed by atoms with Gasteiger partial charge in [-0.25, -0.2) is 0 Å². The molecule has 6 nitrogen and oxygen atoms in total. The third-order valence-electron chi connectivity index (χ3n) is 5.82. The van der Waals surface area contributed by atoms with Crippen molar-refractivity contribution >= 4 is 5.96 Å². The van der Waals surface area contributed by atoms with Crippen molar-refractivity contribution in [1.29, 1.82) is 0 Å². The normalized spacial score (nSPS) is 15.8. The van der Waals surface area contributed by atoms with Gasteiger partial charge in [0, 0.05) is 38.9 Å². The Labute approximate surface area is 181 Å². The van der Waals surface area contributed by atoms with E-state index in [-0.39, 0.29) is 0 Å². The number of aromatic nitrogens is 2. The summed E-state index contributed by atoms with van der Waals surface area (Å²) in [7, 11) is 1.83. The van der Waals surface area contributed by atoms with E-state index in [9.17, 15) is 0 Å². The van der Waals surface area contributed by atoms with Gasteiger partial charge in [-0.1, -0.05) is 37.1 Å². The van der Waals surface area contributed by atoms with E-state index in [0.29, 0.717) is 0 Å². The molecule has 0 aliphatic carbocycles. The van der Waals surface area contributed by atoms with Crippen molar-refractivity contribution in [3.05, 3.63) is 52.8 Å². The van der Waals surface area contributed by atoms with Gasteiger partial charge in [-0.3, -0.25) is 14.6 Å². The average Bonchev–Trinajstić information content (AvgIpc) is 2.92. The summed E-state index contributed by atoms with van der Waals surface area (Å²) in [5, 5.41) is 11.4. The lowest BCUT2D eigenvalue weighted by Gasteiger charge is -2.22. The van der Waals surface area contributed by atoms with Crippen LogP contribution in [0.25, 0.3) is 0 Å². The summed E-state index contributed by atoms with van der Waals surface area (Å²) in [5.41, 5.74) is 5.08. The Kier molecular flexibility index (Phi) is 8.75. The van der Waals surface area contributed by atoms with Gasteiger partial charge in [0.15, 0.2) is 5.96 Å². The van der Waals surface area contributed by atoms with Crippen molar-refractivity contribution in [1.82, 2.24) is 25.3 Å². The molecule has 1 saturated heterocycles. The molecule has 0 saturated carbocycles. The van der Waals surface area contributed by atoms with E-state index < -0.39 is 0 Å². The van der Waals surface area contributed by atoms with Gasteiger partial charge in [0.25, 0.3) is 0 Å². The van der Waals surface area contributed by atoms with E-state index in [2.05, 4.69) is 67.6 Å². The van der Waals surface area contributed by atoms with E-state index in [1.807, 2.05) is 14.0 Å². The van der Waals surface area contributed by atoms with Gasteiger partial charge in [0.2, 0.25) is 0 Å². The predicted octanol–water partition coefficient (Wildman–Crippen LogP) is 3.63. The molecular formula is C24H38N6. The molecule has 0 radical (unpaired) electrons. The lowest BCUT2D eigenvalue weighted by molar-refractivity contribution is 0.276. The van der Waals surface area contributed by atoms with Crippen LogP contribution in [0.15, 0.2) is 35.3 Å². The van der Waals surface area contributed by atoms with Gasteiger partial charge >= 0.3 is 0 Å². The third-order valence-corrected chi connectivity index (χ3v) is 5.82. The fourth-order valence-corrected chi connectivity index (χ4v) is 4.16. The molecule has 1 aliphatic rings. The molecule has 3 rings (SSSR count). The van der Waals surface area contributed by atoms with Crippen molar-refractivity contribution in [3.8, 4) is 0 Å². The number of guanidine groups is 1. The van der Waals surface area contributed by atoms with Crippen molar-refractivity contribution in [2.45, 2.75) is 65.6 Å². The van der Waals surface area contributed by atoms with Gasteiger partial charge < -0.3 is 10.6 Å². The summed E-state index contributed by atoms with van der Waals surface area (Å²) >= 11 is 0. The monoisotopic (exact) mass is 410 g/mol. The Morgan fingerprint density at radius 2 is 1.77 bits per heavy atom. The first-order chi connectivity index (χ1) is 14.7. The van der Waals surface area contributed by atoms with E-state index in [4.69, 9.17) is 0 Å².